The zero-order chi connectivity index (χ0) is 18.3. The normalized spacial score (nSPS) is 17.2. The standard InChI is InChI=1S/C19H14F2N2O2S/c20-11-8-9-15(13(21)10-11)23-18(25)12-4-1-2-5-14(12)22-19(23)26-17-7-3-6-16(17)24/h1-2,4-5,8-10,17H,3,6-7H2/t17-/m0/s1. The van der Waals surface area contributed by atoms with Gasteiger partial charge < -0.3 is 0 Å². The van der Waals surface area contributed by atoms with Gasteiger partial charge in [-0.1, -0.05) is 23.9 Å². The molecule has 1 fully saturated rings. The van der Waals surface area contributed by atoms with Crippen LogP contribution in [0.2, 0.25) is 0 Å². The molecular weight excluding hydrogens is 358 g/mol. The van der Waals surface area contributed by atoms with Crippen LogP contribution in [0, 0.1) is 11.6 Å². The molecule has 0 amide bonds. The lowest BCUT2D eigenvalue weighted by atomic mass is 10.2. The first-order valence-electron chi connectivity index (χ1n) is 8.21. The molecule has 0 spiro atoms. The molecule has 4 nitrogen and oxygen atoms in total. The lowest BCUT2D eigenvalue weighted by Crippen LogP contribution is -2.24. The summed E-state index contributed by atoms with van der Waals surface area (Å²) in [5.74, 6) is -1.49. The number of para-hydroxylation sites is 1. The minimum absolute atomic E-state index is 0.0809. The summed E-state index contributed by atoms with van der Waals surface area (Å²) < 4.78 is 28.8. The van der Waals surface area contributed by atoms with Gasteiger partial charge in [0.25, 0.3) is 5.56 Å². The van der Waals surface area contributed by atoms with Crippen LogP contribution in [0.25, 0.3) is 16.6 Å². The van der Waals surface area contributed by atoms with Crippen molar-refractivity contribution >= 4 is 28.4 Å². The maximum Gasteiger partial charge on any atom is 0.266 e. The van der Waals surface area contributed by atoms with E-state index >= 15 is 0 Å². The molecule has 0 bridgehead atoms. The molecule has 1 aromatic heterocycles. The molecule has 1 saturated carbocycles. The zero-order valence-electron chi connectivity index (χ0n) is 13.6. The van der Waals surface area contributed by atoms with Crippen LogP contribution in [0.1, 0.15) is 19.3 Å². The van der Waals surface area contributed by atoms with Crippen molar-refractivity contribution in [3.05, 3.63) is 64.5 Å². The summed E-state index contributed by atoms with van der Waals surface area (Å²) in [5, 5.41) is 0.260. The fourth-order valence-corrected chi connectivity index (χ4v) is 4.33. The van der Waals surface area contributed by atoms with Crippen LogP contribution in [0.5, 0.6) is 0 Å². The molecule has 26 heavy (non-hydrogen) atoms. The second-order valence-corrected chi connectivity index (χ2v) is 7.28. The van der Waals surface area contributed by atoms with Crippen molar-refractivity contribution in [2.45, 2.75) is 29.7 Å². The van der Waals surface area contributed by atoms with Crippen molar-refractivity contribution in [3.8, 4) is 5.69 Å². The van der Waals surface area contributed by atoms with Gasteiger partial charge in [0.15, 0.2) is 5.16 Å². The Morgan fingerprint density at radius 1 is 1.12 bits per heavy atom. The van der Waals surface area contributed by atoms with E-state index in [1.54, 1.807) is 24.3 Å². The van der Waals surface area contributed by atoms with Gasteiger partial charge in [-0.05, 0) is 37.1 Å². The van der Waals surface area contributed by atoms with Crippen molar-refractivity contribution in [2.75, 3.05) is 0 Å². The van der Waals surface area contributed by atoms with Crippen molar-refractivity contribution in [1.29, 1.82) is 0 Å². The van der Waals surface area contributed by atoms with E-state index in [-0.39, 0.29) is 21.9 Å². The highest BCUT2D eigenvalue weighted by Crippen LogP contribution is 2.33. The van der Waals surface area contributed by atoms with Gasteiger partial charge in [0.2, 0.25) is 0 Å². The number of benzene rings is 2. The largest absolute Gasteiger partial charge is 0.298 e. The summed E-state index contributed by atoms with van der Waals surface area (Å²) in [6.07, 6.45) is 1.98. The van der Waals surface area contributed by atoms with Crippen LogP contribution < -0.4 is 5.56 Å². The highest BCUT2D eigenvalue weighted by molar-refractivity contribution is 8.00. The van der Waals surface area contributed by atoms with Crippen molar-refractivity contribution in [2.24, 2.45) is 0 Å². The molecular formula is C19H14F2N2O2S. The number of carbonyl (C=O) groups is 1. The SMILES string of the molecule is O=C1CCC[C@@H]1Sc1nc2ccccc2c(=O)n1-c1ccc(F)cc1F. The van der Waals surface area contributed by atoms with Crippen molar-refractivity contribution in [3.63, 3.8) is 0 Å². The predicted molar refractivity (Wildman–Crippen MR) is 95.8 cm³/mol. The van der Waals surface area contributed by atoms with Crippen molar-refractivity contribution in [1.82, 2.24) is 9.55 Å². The van der Waals surface area contributed by atoms with E-state index < -0.39 is 17.2 Å². The lowest BCUT2D eigenvalue weighted by Gasteiger charge is -2.15. The molecule has 132 valence electrons. The Morgan fingerprint density at radius 2 is 1.92 bits per heavy atom. The van der Waals surface area contributed by atoms with Gasteiger partial charge in [-0.2, -0.15) is 0 Å². The summed E-state index contributed by atoms with van der Waals surface area (Å²) >= 11 is 1.16. The fourth-order valence-electron chi connectivity index (χ4n) is 3.10. The summed E-state index contributed by atoms with van der Waals surface area (Å²) in [5.41, 5.74) is -0.0548. The summed E-state index contributed by atoms with van der Waals surface area (Å²) in [6.45, 7) is 0. The van der Waals surface area contributed by atoms with Crippen LogP contribution in [0.3, 0.4) is 0 Å². The Kier molecular flexibility index (Phi) is 4.32. The van der Waals surface area contributed by atoms with Crippen LogP contribution in [0.4, 0.5) is 8.78 Å². The molecule has 3 aromatic rings. The number of rotatable bonds is 3. The predicted octanol–water partition coefficient (Wildman–Crippen LogP) is 3.88. The molecule has 2 aromatic carbocycles. The molecule has 4 rings (SSSR count). The van der Waals surface area contributed by atoms with E-state index in [2.05, 4.69) is 4.98 Å². The number of halogens is 2. The van der Waals surface area contributed by atoms with Gasteiger partial charge in [-0.15, -0.1) is 0 Å². The van der Waals surface area contributed by atoms with E-state index in [0.29, 0.717) is 23.7 Å². The molecule has 1 aliphatic carbocycles. The molecule has 0 saturated heterocycles. The first-order chi connectivity index (χ1) is 12.5. The highest BCUT2D eigenvalue weighted by Gasteiger charge is 2.28. The van der Waals surface area contributed by atoms with E-state index in [0.717, 1.165) is 34.9 Å². The smallest absolute Gasteiger partial charge is 0.266 e. The maximum atomic E-state index is 14.4. The fraction of sp³-hybridized carbons (Fsp3) is 0.211. The Morgan fingerprint density at radius 3 is 2.65 bits per heavy atom. The number of hydrogen-bond donors (Lipinski definition) is 0. The number of fused-ring (bicyclic) bond motifs is 1. The molecule has 1 heterocycles. The van der Waals surface area contributed by atoms with E-state index in [4.69, 9.17) is 0 Å². The van der Waals surface area contributed by atoms with Gasteiger partial charge in [0.1, 0.15) is 17.4 Å². The van der Waals surface area contributed by atoms with E-state index in [1.165, 1.54) is 6.07 Å². The van der Waals surface area contributed by atoms with Gasteiger partial charge in [-0.25, -0.2) is 13.8 Å². The molecule has 0 aliphatic heterocycles. The van der Waals surface area contributed by atoms with Gasteiger partial charge in [0, 0.05) is 12.5 Å². The summed E-state index contributed by atoms with van der Waals surface area (Å²) in [7, 11) is 0. The minimum Gasteiger partial charge on any atom is -0.298 e. The summed E-state index contributed by atoms with van der Waals surface area (Å²) in [6, 6.07) is 9.79. The van der Waals surface area contributed by atoms with Gasteiger partial charge >= 0.3 is 0 Å². The number of carbonyl (C=O) groups excluding carboxylic acids is 1. The zero-order valence-corrected chi connectivity index (χ0v) is 14.4. The third-order valence-corrected chi connectivity index (χ3v) is 5.66. The number of aromatic nitrogens is 2. The number of thioether (sulfide) groups is 1. The van der Waals surface area contributed by atoms with Crippen molar-refractivity contribution < 1.29 is 13.6 Å². The maximum absolute atomic E-state index is 14.4. The van der Waals surface area contributed by atoms with Crippen LogP contribution >= 0.6 is 11.8 Å². The quantitative estimate of drug-likeness (QED) is 0.655. The lowest BCUT2D eigenvalue weighted by molar-refractivity contribution is -0.116. The Bertz CT molecular complexity index is 1080. The van der Waals surface area contributed by atoms with Gasteiger partial charge in [0.05, 0.1) is 21.8 Å². The van der Waals surface area contributed by atoms with Crippen LogP contribution in [-0.2, 0) is 4.79 Å². The average Bonchev–Trinajstić information content (AvgIpc) is 3.01. The van der Waals surface area contributed by atoms with E-state index in [9.17, 15) is 18.4 Å². The molecule has 0 radical (unpaired) electrons. The number of ketones is 1. The third-order valence-electron chi connectivity index (χ3n) is 4.39. The highest BCUT2D eigenvalue weighted by atomic mass is 32.2. The molecule has 1 aliphatic rings. The third kappa shape index (κ3) is 2.92. The van der Waals surface area contributed by atoms with Crippen LogP contribution in [0.15, 0.2) is 52.4 Å². The molecule has 1 atom stereocenters. The molecule has 0 N–H and O–H groups in total. The molecule has 0 unspecified atom stereocenters. The summed E-state index contributed by atoms with van der Waals surface area (Å²) in [4.78, 5) is 29.5. The van der Waals surface area contributed by atoms with E-state index in [1.807, 2.05) is 0 Å². The number of hydrogen-bond acceptors (Lipinski definition) is 4. The van der Waals surface area contributed by atoms with Crippen LogP contribution in [-0.4, -0.2) is 20.6 Å². The Labute approximate surface area is 151 Å². The monoisotopic (exact) mass is 372 g/mol. The Balaban J connectivity index is 1.96. The molecule has 7 heteroatoms. The Hall–Kier alpha value is -2.54. The first-order valence-corrected chi connectivity index (χ1v) is 9.09. The minimum atomic E-state index is -0.858. The second kappa shape index (κ2) is 6.64. The second-order valence-electron chi connectivity index (χ2n) is 6.11. The first kappa shape index (κ1) is 16.9. The number of nitrogens with zero attached hydrogens (tertiary/aromatic N) is 2. The topological polar surface area (TPSA) is 52.0 Å². The van der Waals surface area contributed by atoms with Gasteiger partial charge in [-0.3, -0.25) is 14.2 Å². The average molecular weight is 372 g/mol. The number of Topliss-reactive ketones (excluding diaryl/α,β-unsaturated/α-hetero) is 1.